The predicted molar refractivity (Wildman–Crippen MR) is 96.1 cm³/mol. The van der Waals surface area contributed by atoms with E-state index in [0.717, 1.165) is 31.9 Å². The van der Waals surface area contributed by atoms with E-state index in [4.69, 9.17) is 4.74 Å². The number of hydrogen-bond acceptors (Lipinski definition) is 4. The van der Waals surface area contributed by atoms with Gasteiger partial charge in [-0.25, -0.2) is 4.98 Å². The third kappa shape index (κ3) is 3.97. The molecule has 2 aromatic rings. The minimum Gasteiger partial charge on any atom is -0.491 e. The van der Waals surface area contributed by atoms with Gasteiger partial charge in [-0.3, -0.25) is 9.80 Å². The van der Waals surface area contributed by atoms with Crippen LogP contribution in [0.25, 0.3) is 0 Å². The van der Waals surface area contributed by atoms with Crippen LogP contribution in [-0.2, 0) is 13.6 Å². The fraction of sp³-hybridized carbons (Fsp3) is 0.526. The Morgan fingerprint density at radius 1 is 1.17 bits per heavy atom. The van der Waals surface area contributed by atoms with Crippen LogP contribution in [-0.4, -0.2) is 52.1 Å². The van der Waals surface area contributed by atoms with Crippen molar-refractivity contribution in [3.05, 3.63) is 48.0 Å². The van der Waals surface area contributed by atoms with E-state index >= 15 is 0 Å². The monoisotopic (exact) mass is 328 g/mol. The van der Waals surface area contributed by atoms with Crippen molar-refractivity contribution in [3.63, 3.8) is 0 Å². The Morgan fingerprint density at radius 2 is 1.92 bits per heavy atom. The molecule has 5 nitrogen and oxygen atoms in total. The molecular formula is C19H28N4O. The van der Waals surface area contributed by atoms with Crippen LogP contribution in [0.2, 0.25) is 0 Å². The van der Waals surface area contributed by atoms with Crippen LogP contribution in [0.5, 0.6) is 5.75 Å². The summed E-state index contributed by atoms with van der Waals surface area (Å²) in [7, 11) is 4.27. The standard InChI is InChI=1S/C19H28N4O/c1-15(2)24-18-7-5-16(6-8-18)19-13-23(10-9-21(19)3)12-17-11-20-14-22(17)4/h5-8,11,14-15,19H,9-10,12-13H2,1-4H3/t19-/m0/s1. The zero-order valence-electron chi connectivity index (χ0n) is 15.1. The van der Waals surface area contributed by atoms with E-state index in [9.17, 15) is 0 Å². The lowest BCUT2D eigenvalue weighted by Crippen LogP contribution is -2.46. The van der Waals surface area contributed by atoms with Gasteiger partial charge < -0.3 is 9.30 Å². The first kappa shape index (κ1) is 17.0. The van der Waals surface area contributed by atoms with Gasteiger partial charge in [0, 0.05) is 45.5 Å². The van der Waals surface area contributed by atoms with Crippen molar-refractivity contribution < 1.29 is 4.74 Å². The molecule has 1 aromatic carbocycles. The molecule has 5 heteroatoms. The predicted octanol–water partition coefficient (Wildman–Crippen LogP) is 2.70. The van der Waals surface area contributed by atoms with Crippen molar-refractivity contribution in [2.45, 2.75) is 32.5 Å². The summed E-state index contributed by atoms with van der Waals surface area (Å²) < 4.78 is 7.86. The van der Waals surface area contributed by atoms with Gasteiger partial charge >= 0.3 is 0 Å². The van der Waals surface area contributed by atoms with Crippen molar-refractivity contribution in [2.75, 3.05) is 26.7 Å². The van der Waals surface area contributed by atoms with Crippen LogP contribution in [0.15, 0.2) is 36.8 Å². The highest BCUT2D eigenvalue weighted by Crippen LogP contribution is 2.26. The molecule has 0 bridgehead atoms. The molecule has 0 unspecified atom stereocenters. The molecule has 0 N–H and O–H groups in total. The average Bonchev–Trinajstić information content (AvgIpc) is 2.95. The normalized spacial score (nSPS) is 19.8. The van der Waals surface area contributed by atoms with Gasteiger partial charge in [-0.05, 0) is 38.6 Å². The third-order valence-corrected chi connectivity index (χ3v) is 4.67. The maximum Gasteiger partial charge on any atom is 0.119 e. The highest BCUT2D eigenvalue weighted by molar-refractivity contribution is 5.30. The quantitative estimate of drug-likeness (QED) is 0.845. The number of imidazole rings is 1. The highest BCUT2D eigenvalue weighted by Gasteiger charge is 2.26. The third-order valence-electron chi connectivity index (χ3n) is 4.67. The zero-order chi connectivity index (χ0) is 17.1. The van der Waals surface area contributed by atoms with Gasteiger partial charge in [0.05, 0.1) is 18.1 Å². The molecule has 24 heavy (non-hydrogen) atoms. The number of piperazine rings is 1. The van der Waals surface area contributed by atoms with E-state index in [1.165, 1.54) is 11.3 Å². The summed E-state index contributed by atoms with van der Waals surface area (Å²) in [5.74, 6) is 0.943. The van der Waals surface area contributed by atoms with Gasteiger partial charge in [-0.15, -0.1) is 0 Å². The molecule has 3 rings (SSSR count). The molecule has 1 aliphatic rings. The summed E-state index contributed by atoms with van der Waals surface area (Å²) in [6, 6.07) is 8.99. The van der Waals surface area contributed by atoms with Crippen LogP contribution >= 0.6 is 0 Å². The molecule has 1 aromatic heterocycles. The Morgan fingerprint density at radius 3 is 2.54 bits per heavy atom. The molecule has 130 valence electrons. The molecular weight excluding hydrogens is 300 g/mol. The Balaban J connectivity index is 1.68. The van der Waals surface area contributed by atoms with Crippen LogP contribution < -0.4 is 4.74 Å². The Labute approximate surface area is 144 Å². The highest BCUT2D eigenvalue weighted by atomic mass is 16.5. The largest absolute Gasteiger partial charge is 0.491 e. The van der Waals surface area contributed by atoms with Crippen molar-refractivity contribution >= 4 is 0 Å². The molecule has 0 saturated carbocycles. The summed E-state index contributed by atoms with van der Waals surface area (Å²) in [5.41, 5.74) is 2.61. The molecule has 0 radical (unpaired) electrons. The number of hydrogen-bond donors (Lipinski definition) is 0. The summed E-state index contributed by atoms with van der Waals surface area (Å²) in [4.78, 5) is 9.18. The van der Waals surface area contributed by atoms with Crippen molar-refractivity contribution in [2.24, 2.45) is 7.05 Å². The lowest BCUT2D eigenvalue weighted by atomic mass is 10.0. The van der Waals surface area contributed by atoms with Crippen LogP contribution in [0.1, 0.15) is 31.1 Å². The maximum atomic E-state index is 5.75. The Hall–Kier alpha value is -1.85. The van der Waals surface area contributed by atoms with Crippen molar-refractivity contribution in [1.29, 1.82) is 0 Å². The summed E-state index contributed by atoms with van der Waals surface area (Å²) in [6.45, 7) is 8.26. The minimum absolute atomic E-state index is 0.211. The zero-order valence-corrected chi connectivity index (χ0v) is 15.1. The Kier molecular flexibility index (Phi) is 5.21. The van der Waals surface area contributed by atoms with Gasteiger partial charge in [0.15, 0.2) is 0 Å². The molecule has 1 fully saturated rings. The van der Waals surface area contributed by atoms with Crippen molar-refractivity contribution in [3.8, 4) is 5.75 Å². The minimum atomic E-state index is 0.211. The topological polar surface area (TPSA) is 33.5 Å². The van der Waals surface area contributed by atoms with E-state index in [-0.39, 0.29) is 6.10 Å². The smallest absolute Gasteiger partial charge is 0.119 e. The fourth-order valence-electron chi connectivity index (χ4n) is 3.24. The molecule has 0 spiro atoms. The molecule has 1 aliphatic heterocycles. The SMILES string of the molecule is CC(C)Oc1ccc([C@@H]2CN(Cc3cncn3C)CCN2C)cc1. The second kappa shape index (κ2) is 7.36. The number of ether oxygens (including phenoxy) is 1. The number of nitrogens with zero attached hydrogens (tertiary/aromatic N) is 4. The van der Waals surface area contributed by atoms with E-state index < -0.39 is 0 Å². The Bertz CT molecular complexity index is 650. The molecule has 1 atom stereocenters. The lowest BCUT2D eigenvalue weighted by Gasteiger charge is -2.39. The molecule has 0 aliphatic carbocycles. The van der Waals surface area contributed by atoms with Gasteiger partial charge in [0.1, 0.15) is 5.75 Å². The summed E-state index contributed by atoms with van der Waals surface area (Å²) in [5, 5.41) is 0. The first-order chi connectivity index (χ1) is 11.5. The summed E-state index contributed by atoms with van der Waals surface area (Å²) in [6.07, 6.45) is 4.05. The van der Waals surface area contributed by atoms with E-state index in [0.29, 0.717) is 6.04 Å². The number of rotatable bonds is 5. The maximum absolute atomic E-state index is 5.75. The number of benzene rings is 1. The molecule has 2 heterocycles. The van der Waals surface area contributed by atoms with Crippen molar-refractivity contribution in [1.82, 2.24) is 19.4 Å². The first-order valence-corrected chi connectivity index (χ1v) is 8.67. The lowest BCUT2D eigenvalue weighted by molar-refractivity contribution is 0.0889. The fourth-order valence-corrected chi connectivity index (χ4v) is 3.24. The van der Waals surface area contributed by atoms with E-state index in [1.807, 2.05) is 12.5 Å². The molecule has 0 amide bonds. The van der Waals surface area contributed by atoms with E-state index in [2.05, 4.69) is 71.6 Å². The average molecular weight is 328 g/mol. The van der Waals surface area contributed by atoms with Crippen LogP contribution in [0.3, 0.4) is 0 Å². The summed E-state index contributed by atoms with van der Waals surface area (Å²) >= 11 is 0. The number of aryl methyl sites for hydroxylation is 1. The van der Waals surface area contributed by atoms with E-state index in [1.54, 1.807) is 0 Å². The molecule has 1 saturated heterocycles. The van der Waals surface area contributed by atoms with Crippen LogP contribution in [0.4, 0.5) is 0 Å². The van der Waals surface area contributed by atoms with Crippen LogP contribution in [0, 0.1) is 0 Å². The second-order valence-electron chi connectivity index (χ2n) is 6.96. The van der Waals surface area contributed by atoms with Gasteiger partial charge in [0.25, 0.3) is 0 Å². The van der Waals surface area contributed by atoms with Gasteiger partial charge in [-0.2, -0.15) is 0 Å². The number of aromatic nitrogens is 2. The number of likely N-dealkylation sites (N-methyl/N-ethyl adjacent to an activating group) is 1. The second-order valence-corrected chi connectivity index (χ2v) is 6.96. The first-order valence-electron chi connectivity index (χ1n) is 8.67. The van der Waals surface area contributed by atoms with Gasteiger partial charge in [0.2, 0.25) is 0 Å². The van der Waals surface area contributed by atoms with Gasteiger partial charge in [-0.1, -0.05) is 12.1 Å².